The van der Waals surface area contributed by atoms with Crippen LogP contribution in [0.1, 0.15) is 17.7 Å². The Morgan fingerprint density at radius 1 is 1.54 bits per heavy atom. The SMILES string of the molecule is NCCCn1[nH]c2c(c1=O)CSC2. The van der Waals surface area contributed by atoms with Crippen LogP contribution in [0.2, 0.25) is 0 Å². The van der Waals surface area contributed by atoms with Gasteiger partial charge in [-0.05, 0) is 13.0 Å². The highest BCUT2D eigenvalue weighted by Gasteiger charge is 2.18. The van der Waals surface area contributed by atoms with Crippen molar-refractivity contribution in [3.05, 3.63) is 21.6 Å². The van der Waals surface area contributed by atoms with Gasteiger partial charge in [-0.25, -0.2) is 0 Å². The zero-order chi connectivity index (χ0) is 9.26. The highest BCUT2D eigenvalue weighted by atomic mass is 32.2. The van der Waals surface area contributed by atoms with Crippen LogP contribution in [0, 0.1) is 0 Å². The standard InChI is InChI=1S/C8H13N3OS/c9-2-1-3-11-8(12)6-4-13-5-7(6)10-11/h10H,1-5,9H2. The van der Waals surface area contributed by atoms with Crippen LogP contribution in [0.5, 0.6) is 0 Å². The minimum absolute atomic E-state index is 0.147. The second-order valence-electron chi connectivity index (χ2n) is 3.16. The van der Waals surface area contributed by atoms with E-state index >= 15 is 0 Å². The molecule has 1 aromatic heterocycles. The van der Waals surface area contributed by atoms with Crippen molar-refractivity contribution in [1.29, 1.82) is 0 Å². The molecule has 0 amide bonds. The van der Waals surface area contributed by atoms with Gasteiger partial charge in [0.15, 0.2) is 0 Å². The van der Waals surface area contributed by atoms with Gasteiger partial charge in [-0.3, -0.25) is 14.6 Å². The Labute approximate surface area is 80.5 Å². The average Bonchev–Trinajstić information content (AvgIpc) is 2.67. The molecule has 0 spiro atoms. The van der Waals surface area contributed by atoms with Crippen LogP contribution in [0.3, 0.4) is 0 Å². The summed E-state index contributed by atoms with van der Waals surface area (Å²) < 4.78 is 1.68. The fraction of sp³-hybridized carbons (Fsp3) is 0.625. The zero-order valence-corrected chi connectivity index (χ0v) is 8.19. The van der Waals surface area contributed by atoms with Crippen LogP contribution in [-0.4, -0.2) is 16.3 Å². The summed E-state index contributed by atoms with van der Waals surface area (Å²) in [6.07, 6.45) is 0.854. The summed E-state index contributed by atoms with van der Waals surface area (Å²) in [4.78, 5) is 11.6. The van der Waals surface area contributed by atoms with Gasteiger partial charge in [-0.2, -0.15) is 11.8 Å². The lowest BCUT2D eigenvalue weighted by molar-refractivity contribution is 0.564. The first-order valence-corrected chi connectivity index (χ1v) is 5.56. The molecule has 0 bridgehead atoms. The molecule has 0 atom stereocenters. The Morgan fingerprint density at radius 3 is 3.08 bits per heavy atom. The number of fused-ring (bicyclic) bond motifs is 1. The predicted molar refractivity (Wildman–Crippen MR) is 53.7 cm³/mol. The van der Waals surface area contributed by atoms with Crippen LogP contribution in [0.4, 0.5) is 0 Å². The van der Waals surface area contributed by atoms with Gasteiger partial charge < -0.3 is 5.73 Å². The maximum Gasteiger partial charge on any atom is 0.270 e. The molecule has 2 rings (SSSR count). The largest absolute Gasteiger partial charge is 0.330 e. The molecule has 0 fully saturated rings. The molecule has 4 nitrogen and oxygen atoms in total. The third-order valence-electron chi connectivity index (χ3n) is 2.22. The van der Waals surface area contributed by atoms with Crippen molar-refractivity contribution < 1.29 is 0 Å². The summed E-state index contributed by atoms with van der Waals surface area (Å²) in [5, 5.41) is 3.12. The van der Waals surface area contributed by atoms with Crippen LogP contribution in [-0.2, 0) is 18.1 Å². The van der Waals surface area contributed by atoms with Crippen LogP contribution in [0.15, 0.2) is 4.79 Å². The molecule has 13 heavy (non-hydrogen) atoms. The number of thioether (sulfide) groups is 1. The molecule has 1 aliphatic rings. The number of H-pyrrole nitrogens is 1. The van der Waals surface area contributed by atoms with Crippen LogP contribution >= 0.6 is 11.8 Å². The Morgan fingerprint density at radius 2 is 2.38 bits per heavy atom. The van der Waals surface area contributed by atoms with E-state index in [1.165, 1.54) is 0 Å². The van der Waals surface area contributed by atoms with Gasteiger partial charge in [0.1, 0.15) is 0 Å². The summed E-state index contributed by atoms with van der Waals surface area (Å²) in [5.74, 6) is 1.81. The highest BCUT2D eigenvalue weighted by Crippen LogP contribution is 2.25. The van der Waals surface area contributed by atoms with Gasteiger partial charge in [0, 0.05) is 18.1 Å². The van der Waals surface area contributed by atoms with E-state index in [2.05, 4.69) is 5.10 Å². The second-order valence-corrected chi connectivity index (χ2v) is 4.15. The summed E-state index contributed by atoms with van der Waals surface area (Å²) in [6, 6.07) is 0. The van der Waals surface area contributed by atoms with E-state index < -0.39 is 0 Å². The van der Waals surface area contributed by atoms with Crippen molar-refractivity contribution in [2.75, 3.05) is 6.54 Å². The molecular weight excluding hydrogens is 186 g/mol. The molecule has 5 heteroatoms. The van der Waals surface area contributed by atoms with E-state index in [0.717, 1.165) is 29.2 Å². The van der Waals surface area contributed by atoms with Gasteiger partial charge >= 0.3 is 0 Å². The average molecular weight is 199 g/mol. The number of rotatable bonds is 3. The third-order valence-corrected chi connectivity index (χ3v) is 3.20. The van der Waals surface area contributed by atoms with Gasteiger partial charge in [-0.15, -0.1) is 0 Å². The van der Waals surface area contributed by atoms with Crippen molar-refractivity contribution in [3.63, 3.8) is 0 Å². The predicted octanol–water partition coefficient (Wildman–Crippen LogP) is 0.272. The molecule has 0 saturated heterocycles. The van der Waals surface area contributed by atoms with E-state index in [0.29, 0.717) is 13.1 Å². The Balaban J connectivity index is 2.24. The minimum Gasteiger partial charge on any atom is -0.330 e. The molecular formula is C8H13N3OS. The molecule has 0 aromatic carbocycles. The molecule has 0 unspecified atom stereocenters. The van der Waals surface area contributed by atoms with E-state index in [1.54, 1.807) is 16.4 Å². The van der Waals surface area contributed by atoms with Crippen molar-refractivity contribution in [2.24, 2.45) is 5.73 Å². The molecule has 1 aliphatic heterocycles. The van der Waals surface area contributed by atoms with E-state index in [-0.39, 0.29) is 5.56 Å². The molecule has 0 saturated carbocycles. The van der Waals surface area contributed by atoms with E-state index in [1.807, 2.05) is 0 Å². The monoisotopic (exact) mass is 199 g/mol. The fourth-order valence-electron chi connectivity index (χ4n) is 1.50. The lowest BCUT2D eigenvalue weighted by Gasteiger charge is -1.99. The highest BCUT2D eigenvalue weighted by molar-refractivity contribution is 7.98. The zero-order valence-electron chi connectivity index (χ0n) is 7.38. The van der Waals surface area contributed by atoms with E-state index in [4.69, 9.17) is 5.73 Å². The molecule has 0 aliphatic carbocycles. The third kappa shape index (κ3) is 1.53. The summed E-state index contributed by atoms with van der Waals surface area (Å²) in [5.41, 5.74) is 7.60. The van der Waals surface area contributed by atoms with Crippen molar-refractivity contribution in [1.82, 2.24) is 9.78 Å². The lowest BCUT2D eigenvalue weighted by Crippen LogP contribution is -2.20. The number of hydrogen-bond donors (Lipinski definition) is 2. The number of aromatic amines is 1. The maximum atomic E-state index is 11.6. The molecule has 1 aromatic rings. The normalized spacial score (nSPS) is 14.8. The van der Waals surface area contributed by atoms with Gasteiger partial charge in [0.05, 0.1) is 11.3 Å². The number of nitrogens with one attached hydrogen (secondary N) is 1. The number of aromatic nitrogens is 2. The summed E-state index contributed by atoms with van der Waals surface area (Å²) in [7, 11) is 0. The number of nitrogens with zero attached hydrogens (tertiary/aromatic N) is 1. The van der Waals surface area contributed by atoms with Gasteiger partial charge in [-0.1, -0.05) is 0 Å². The van der Waals surface area contributed by atoms with Gasteiger partial charge in [0.2, 0.25) is 0 Å². The summed E-state index contributed by atoms with van der Waals surface area (Å²) >= 11 is 1.79. The quantitative estimate of drug-likeness (QED) is 0.734. The van der Waals surface area contributed by atoms with Crippen LogP contribution < -0.4 is 11.3 Å². The molecule has 3 N–H and O–H groups in total. The smallest absolute Gasteiger partial charge is 0.270 e. The minimum atomic E-state index is 0.147. The Bertz CT molecular complexity index is 355. The topological polar surface area (TPSA) is 63.8 Å². The number of aryl methyl sites for hydroxylation is 1. The number of nitrogens with two attached hydrogens (primary N) is 1. The lowest BCUT2D eigenvalue weighted by atomic mass is 10.3. The van der Waals surface area contributed by atoms with E-state index in [9.17, 15) is 4.79 Å². The second kappa shape index (κ2) is 3.59. The maximum absolute atomic E-state index is 11.6. The van der Waals surface area contributed by atoms with Crippen molar-refractivity contribution in [2.45, 2.75) is 24.5 Å². The first-order valence-electron chi connectivity index (χ1n) is 4.41. The fourth-order valence-corrected chi connectivity index (χ4v) is 2.55. The molecule has 0 radical (unpaired) electrons. The van der Waals surface area contributed by atoms with Crippen molar-refractivity contribution in [3.8, 4) is 0 Å². The first-order chi connectivity index (χ1) is 6.33. The van der Waals surface area contributed by atoms with Crippen LogP contribution in [0.25, 0.3) is 0 Å². The molecule has 2 heterocycles. The number of hydrogen-bond acceptors (Lipinski definition) is 3. The molecule has 72 valence electrons. The summed E-state index contributed by atoms with van der Waals surface area (Å²) in [6.45, 7) is 1.35. The first kappa shape index (κ1) is 8.90. The van der Waals surface area contributed by atoms with Crippen molar-refractivity contribution >= 4 is 11.8 Å². The Hall–Kier alpha value is -0.680. The Kier molecular flexibility index (Phi) is 2.46. The van der Waals surface area contributed by atoms with Gasteiger partial charge in [0.25, 0.3) is 5.56 Å².